The minimum Gasteiger partial charge on any atom is -0.477 e. The fraction of sp³-hybridized carbons (Fsp3) is 0.0909. The summed E-state index contributed by atoms with van der Waals surface area (Å²) in [5.74, 6) is -2.43. The predicted molar refractivity (Wildman–Crippen MR) is 59.5 cm³/mol. The first-order chi connectivity index (χ1) is 8.58. The highest BCUT2D eigenvalue weighted by molar-refractivity contribution is 5.98. The lowest BCUT2D eigenvalue weighted by molar-refractivity contribution is 0.0644. The van der Waals surface area contributed by atoms with E-state index in [1.165, 1.54) is 0 Å². The van der Waals surface area contributed by atoms with E-state index in [0.29, 0.717) is 6.42 Å². The molecule has 0 fully saturated rings. The number of carboxylic acid groups (broad SMARTS) is 2. The highest BCUT2D eigenvalue weighted by atomic mass is 16.4. The summed E-state index contributed by atoms with van der Waals surface area (Å²) in [6, 6.07) is 3.48. The number of imidazole rings is 1. The second-order valence-electron chi connectivity index (χ2n) is 3.55. The molecule has 2 aromatic heterocycles. The molecule has 2 heterocycles. The van der Waals surface area contributed by atoms with E-state index in [4.69, 9.17) is 10.2 Å². The van der Waals surface area contributed by atoms with E-state index >= 15 is 0 Å². The van der Waals surface area contributed by atoms with Crippen LogP contribution in [0.25, 0.3) is 0 Å². The fourth-order valence-electron chi connectivity index (χ4n) is 1.51. The van der Waals surface area contributed by atoms with Crippen LogP contribution in [0.1, 0.15) is 32.4 Å². The zero-order chi connectivity index (χ0) is 13.1. The predicted octanol–water partition coefficient (Wildman–Crippen LogP) is 0.792. The number of aromatic amines is 1. The maximum absolute atomic E-state index is 10.8. The Kier molecular flexibility index (Phi) is 3.05. The summed E-state index contributed by atoms with van der Waals surface area (Å²) in [6.45, 7) is 0. The molecule has 0 atom stereocenters. The van der Waals surface area contributed by atoms with Crippen molar-refractivity contribution in [3.63, 3.8) is 0 Å². The summed E-state index contributed by atoms with van der Waals surface area (Å²) in [5, 5.41) is 17.7. The Bertz CT molecular complexity index is 560. The van der Waals surface area contributed by atoms with Crippen LogP contribution in [0.3, 0.4) is 0 Å². The molecule has 0 aliphatic heterocycles. The number of carboxylic acids is 2. The van der Waals surface area contributed by atoms with Gasteiger partial charge in [-0.15, -0.1) is 0 Å². The lowest BCUT2D eigenvalue weighted by atomic mass is 10.2. The number of rotatable bonds is 4. The first-order valence-corrected chi connectivity index (χ1v) is 5.02. The van der Waals surface area contributed by atoms with Crippen LogP contribution in [-0.2, 0) is 6.42 Å². The van der Waals surface area contributed by atoms with Crippen LogP contribution in [0.4, 0.5) is 0 Å². The second kappa shape index (κ2) is 4.66. The number of hydrogen-bond acceptors (Lipinski definition) is 4. The molecule has 0 saturated heterocycles. The first-order valence-electron chi connectivity index (χ1n) is 5.02. The van der Waals surface area contributed by atoms with Crippen LogP contribution in [0, 0.1) is 0 Å². The SMILES string of the molecule is O=C(O)c1nc(Cc2ccncc2)[nH]c1C(=O)O. The van der Waals surface area contributed by atoms with Crippen molar-refractivity contribution in [3.8, 4) is 0 Å². The van der Waals surface area contributed by atoms with Gasteiger partial charge in [-0.05, 0) is 17.7 Å². The molecule has 0 aliphatic carbocycles. The van der Waals surface area contributed by atoms with Crippen LogP contribution in [-0.4, -0.2) is 37.1 Å². The van der Waals surface area contributed by atoms with Gasteiger partial charge in [0.25, 0.3) is 0 Å². The Morgan fingerprint density at radius 1 is 1.17 bits per heavy atom. The van der Waals surface area contributed by atoms with Gasteiger partial charge in [0.1, 0.15) is 5.82 Å². The molecule has 7 nitrogen and oxygen atoms in total. The van der Waals surface area contributed by atoms with Gasteiger partial charge in [0, 0.05) is 18.8 Å². The normalized spacial score (nSPS) is 10.2. The van der Waals surface area contributed by atoms with Crippen molar-refractivity contribution in [3.05, 3.63) is 47.3 Å². The summed E-state index contributed by atoms with van der Waals surface area (Å²) < 4.78 is 0. The molecule has 92 valence electrons. The first kappa shape index (κ1) is 11.8. The highest BCUT2D eigenvalue weighted by Gasteiger charge is 2.21. The molecule has 7 heteroatoms. The van der Waals surface area contributed by atoms with Gasteiger partial charge >= 0.3 is 11.9 Å². The van der Waals surface area contributed by atoms with Gasteiger partial charge in [-0.1, -0.05) is 0 Å². The molecule has 0 unspecified atom stereocenters. The monoisotopic (exact) mass is 247 g/mol. The maximum Gasteiger partial charge on any atom is 0.357 e. The molecule has 0 spiro atoms. The number of pyridine rings is 1. The van der Waals surface area contributed by atoms with Gasteiger partial charge in [0.2, 0.25) is 0 Å². The number of nitrogens with one attached hydrogen (secondary N) is 1. The van der Waals surface area contributed by atoms with E-state index in [0.717, 1.165) is 5.56 Å². The van der Waals surface area contributed by atoms with Gasteiger partial charge in [-0.2, -0.15) is 0 Å². The molecule has 0 amide bonds. The summed E-state index contributed by atoms with van der Waals surface area (Å²) >= 11 is 0. The zero-order valence-corrected chi connectivity index (χ0v) is 9.12. The average Bonchev–Trinajstić information content (AvgIpc) is 2.74. The third kappa shape index (κ3) is 2.34. The minimum atomic E-state index is -1.37. The number of nitrogens with zero attached hydrogens (tertiary/aromatic N) is 2. The maximum atomic E-state index is 10.8. The molecule has 2 aromatic rings. The van der Waals surface area contributed by atoms with Gasteiger partial charge in [-0.25, -0.2) is 14.6 Å². The number of H-pyrrole nitrogens is 1. The van der Waals surface area contributed by atoms with Crippen molar-refractivity contribution in [2.45, 2.75) is 6.42 Å². The van der Waals surface area contributed by atoms with E-state index in [-0.39, 0.29) is 5.82 Å². The Labute approximate surface area is 101 Å². The summed E-state index contributed by atoms with van der Waals surface area (Å²) in [6.07, 6.45) is 3.50. The summed E-state index contributed by atoms with van der Waals surface area (Å²) in [4.78, 5) is 31.8. The third-order valence-corrected chi connectivity index (χ3v) is 2.29. The molecule has 0 aliphatic rings. The van der Waals surface area contributed by atoms with Crippen LogP contribution in [0.2, 0.25) is 0 Å². The van der Waals surface area contributed by atoms with Gasteiger partial charge in [0.05, 0.1) is 0 Å². The Balaban J connectivity index is 2.33. The fourth-order valence-corrected chi connectivity index (χ4v) is 1.51. The van der Waals surface area contributed by atoms with Gasteiger partial charge in [0.15, 0.2) is 11.4 Å². The Hall–Kier alpha value is -2.70. The topological polar surface area (TPSA) is 116 Å². The third-order valence-electron chi connectivity index (χ3n) is 2.29. The Morgan fingerprint density at radius 3 is 2.33 bits per heavy atom. The second-order valence-corrected chi connectivity index (χ2v) is 3.55. The lowest BCUT2D eigenvalue weighted by Crippen LogP contribution is -2.07. The van der Waals surface area contributed by atoms with E-state index < -0.39 is 23.3 Å². The van der Waals surface area contributed by atoms with Crippen molar-refractivity contribution < 1.29 is 19.8 Å². The molecule has 0 aromatic carbocycles. The molecule has 0 radical (unpaired) electrons. The largest absolute Gasteiger partial charge is 0.477 e. The quantitative estimate of drug-likeness (QED) is 0.735. The highest BCUT2D eigenvalue weighted by Crippen LogP contribution is 2.10. The van der Waals surface area contributed by atoms with Crippen LogP contribution >= 0.6 is 0 Å². The molecular weight excluding hydrogens is 238 g/mol. The molecule has 2 rings (SSSR count). The zero-order valence-electron chi connectivity index (χ0n) is 9.12. The minimum absolute atomic E-state index is 0.288. The lowest BCUT2D eigenvalue weighted by Gasteiger charge is -1.95. The molecule has 0 saturated carbocycles. The van der Waals surface area contributed by atoms with Gasteiger partial charge < -0.3 is 15.2 Å². The van der Waals surface area contributed by atoms with Crippen molar-refractivity contribution >= 4 is 11.9 Å². The van der Waals surface area contributed by atoms with Crippen molar-refractivity contribution in [1.82, 2.24) is 15.0 Å². The standard InChI is InChI=1S/C11H9N3O4/c15-10(16)8-9(11(17)18)14-7(13-8)5-6-1-3-12-4-2-6/h1-4H,5H2,(H,13,14)(H,15,16)(H,17,18). The molecule has 0 bridgehead atoms. The van der Waals surface area contributed by atoms with Crippen molar-refractivity contribution in [2.24, 2.45) is 0 Å². The number of carbonyl (C=O) groups is 2. The van der Waals surface area contributed by atoms with Crippen LogP contribution in [0.5, 0.6) is 0 Å². The molecular formula is C11H9N3O4. The number of aromatic carboxylic acids is 2. The summed E-state index contributed by atoms with van der Waals surface area (Å²) in [7, 11) is 0. The van der Waals surface area contributed by atoms with E-state index in [1.807, 2.05) is 0 Å². The van der Waals surface area contributed by atoms with Crippen LogP contribution in [0.15, 0.2) is 24.5 Å². The smallest absolute Gasteiger partial charge is 0.357 e. The average molecular weight is 247 g/mol. The van der Waals surface area contributed by atoms with Crippen molar-refractivity contribution in [1.29, 1.82) is 0 Å². The molecule has 18 heavy (non-hydrogen) atoms. The summed E-state index contributed by atoms with van der Waals surface area (Å²) in [5.41, 5.74) is -0.0364. The van der Waals surface area contributed by atoms with E-state index in [9.17, 15) is 9.59 Å². The number of aromatic nitrogens is 3. The van der Waals surface area contributed by atoms with Crippen LogP contribution < -0.4 is 0 Å². The van der Waals surface area contributed by atoms with E-state index in [1.54, 1.807) is 24.5 Å². The molecule has 3 N–H and O–H groups in total. The number of hydrogen-bond donors (Lipinski definition) is 3. The Morgan fingerprint density at radius 2 is 1.83 bits per heavy atom. The van der Waals surface area contributed by atoms with Crippen molar-refractivity contribution in [2.75, 3.05) is 0 Å². The van der Waals surface area contributed by atoms with E-state index in [2.05, 4.69) is 15.0 Å². The van der Waals surface area contributed by atoms with Gasteiger partial charge in [-0.3, -0.25) is 4.98 Å².